The Morgan fingerprint density at radius 1 is 1.16 bits per heavy atom. The Balaban J connectivity index is 1.68. The number of rotatable bonds is 8. The summed E-state index contributed by atoms with van der Waals surface area (Å²) in [5, 5.41) is 5.22. The van der Waals surface area contributed by atoms with Gasteiger partial charge in [-0.2, -0.15) is 0 Å². The lowest BCUT2D eigenvalue weighted by Gasteiger charge is -2.26. The summed E-state index contributed by atoms with van der Waals surface area (Å²) in [4.78, 5) is 25.9. The highest BCUT2D eigenvalue weighted by Crippen LogP contribution is 2.15. The molecule has 0 saturated carbocycles. The highest BCUT2D eigenvalue weighted by atomic mass is 16.5. The Morgan fingerprint density at radius 3 is 2.56 bits per heavy atom. The van der Waals surface area contributed by atoms with Gasteiger partial charge in [0, 0.05) is 31.9 Å². The van der Waals surface area contributed by atoms with Crippen LogP contribution in [-0.2, 0) is 14.3 Å². The summed E-state index contributed by atoms with van der Waals surface area (Å²) in [6, 6.07) is 7.00. The molecule has 25 heavy (non-hydrogen) atoms. The normalized spacial score (nSPS) is 14.8. The number of hydrogen-bond donors (Lipinski definition) is 2. The van der Waals surface area contributed by atoms with Crippen LogP contribution < -0.4 is 15.4 Å². The molecule has 0 aromatic heterocycles. The number of anilines is 1. The van der Waals surface area contributed by atoms with E-state index in [-0.39, 0.29) is 0 Å². The van der Waals surface area contributed by atoms with Gasteiger partial charge in [0.1, 0.15) is 5.75 Å². The van der Waals surface area contributed by atoms with Crippen molar-refractivity contribution in [3.8, 4) is 5.75 Å². The Bertz CT molecular complexity index is 542. The SMILES string of the molecule is CCCCOc1ccc(NC(=O)C(=O)NCCN2CCOCC2)cc1. The molecule has 0 unspecified atom stereocenters. The highest BCUT2D eigenvalue weighted by Gasteiger charge is 2.15. The highest BCUT2D eigenvalue weighted by molar-refractivity contribution is 6.39. The fourth-order valence-electron chi connectivity index (χ4n) is 2.39. The van der Waals surface area contributed by atoms with Crippen molar-refractivity contribution in [3.05, 3.63) is 24.3 Å². The molecule has 1 heterocycles. The second kappa shape index (κ2) is 10.7. The molecule has 7 heteroatoms. The van der Waals surface area contributed by atoms with Crippen molar-refractivity contribution in [1.82, 2.24) is 10.2 Å². The maximum atomic E-state index is 11.9. The molecule has 2 amide bonds. The van der Waals surface area contributed by atoms with Gasteiger partial charge in [0.15, 0.2) is 0 Å². The number of ether oxygens (including phenoxy) is 2. The average molecular weight is 349 g/mol. The van der Waals surface area contributed by atoms with Crippen LogP contribution in [0.4, 0.5) is 5.69 Å². The predicted octanol–water partition coefficient (Wildman–Crippen LogP) is 1.25. The first-order valence-electron chi connectivity index (χ1n) is 8.81. The van der Waals surface area contributed by atoms with Crippen LogP contribution in [0.1, 0.15) is 19.8 Å². The molecule has 0 bridgehead atoms. The van der Waals surface area contributed by atoms with Gasteiger partial charge in [-0.25, -0.2) is 0 Å². The van der Waals surface area contributed by atoms with Gasteiger partial charge in [0.25, 0.3) is 0 Å². The number of morpholine rings is 1. The topological polar surface area (TPSA) is 79.9 Å². The van der Waals surface area contributed by atoms with Crippen molar-refractivity contribution in [2.24, 2.45) is 0 Å². The smallest absolute Gasteiger partial charge is 0.313 e. The Hall–Kier alpha value is -2.12. The van der Waals surface area contributed by atoms with Crippen LogP contribution in [0, 0.1) is 0 Å². The predicted molar refractivity (Wildman–Crippen MR) is 95.7 cm³/mol. The number of carbonyl (C=O) groups excluding carboxylic acids is 2. The Morgan fingerprint density at radius 2 is 1.88 bits per heavy atom. The van der Waals surface area contributed by atoms with Gasteiger partial charge in [0.2, 0.25) is 0 Å². The van der Waals surface area contributed by atoms with Crippen molar-refractivity contribution in [2.75, 3.05) is 51.3 Å². The quantitative estimate of drug-likeness (QED) is 0.545. The number of nitrogens with one attached hydrogen (secondary N) is 2. The lowest BCUT2D eigenvalue weighted by molar-refractivity contribution is -0.136. The first-order valence-corrected chi connectivity index (χ1v) is 8.81. The number of unbranched alkanes of at least 4 members (excludes halogenated alkanes) is 1. The third-order valence-electron chi connectivity index (χ3n) is 3.90. The van der Waals surface area contributed by atoms with E-state index >= 15 is 0 Å². The van der Waals surface area contributed by atoms with E-state index in [1.54, 1.807) is 24.3 Å². The summed E-state index contributed by atoms with van der Waals surface area (Å²) in [5.41, 5.74) is 0.566. The van der Waals surface area contributed by atoms with E-state index in [1.807, 2.05) is 0 Å². The van der Waals surface area contributed by atoms with E-state index in [4.69, 9.17) is 9.47 Å². The molecule has 2 N–H and O–H groups in total. The Labute approximate surface area is 148 Å². The zero-order chi connectivity index (χ0) is 17.9. The third kappa shape index (κ3) is 7.11. The Kier molecular flexibility index (Phi) is 8.21. The van der Waals surface area contributed by atoms with Crippen LogP contribution in [0.2, 0.25) is 0 Å². The van der Waals surface area contributed by atoms with E-state index in [1.165, 1.54) is 0 Å². The van der Waals surface area contributed by atoms with Crippen molar-refractivity contribution < 1.29 is 19.1 Å². The van der Waals surface area contributed by atoms with Crippen molar-refractivity contribution in [1.29, 1.82) is 0 Å². The summed E-state index contributed by atoms with van der Waals surface area (Å²) in [7, 11) is 0. The zero-order valence-electron chi connectivity index (χ0n) is 14.8. The fourth-order valence-corrected chi connectivity index (χ4v) is 2.39. The summed E-state index contributed by atoms with van der Waals surface area (Å²) < 4.78 is 10.8. The first-order chi connectivity index (χ1) is 12.2. The van der Waals surface area contributed by atoms with E-state index in [0.29, 0.717) is 38.6 Å². The van der Waals surface area contributed by atoms with E-state index in [9.17, 15) is 9.59 Å². The molecule has 0 aliphatic carbocycles. The van der Waals surface area contributed by atoms with Crippen LogP contribution >= 0.6 is 0 Å². The molecule has 1 saturated heterocycles. The first kappa shape index (κ1) is 19.2. The van der Waals surface area contributed by atoms with Gasteiger partial charge in [-0.3, -0.25) is 14.5 Å². The van der Waals surface area contributed by atoms with E-state index in [2.05, 4.69) is 22.5 Å². The molecule has 1 fully saturated rings. The standard InChI is InChI=1S/C18H27N3O4/c1-2-3-12-25-16-6-4-15(5-7-16)20-18(23)17(22)19-8-9-21-10-13-24-14-11-21/h4-7H,2-3,8-14H2,1H3,(H,19,22)(H,20,23). The maximum absolute atomic E-state index is 11.9. The second-order valence-corrected chi connectivity index (χ2v) is 5.89. The minimum absolute atomic E-state index is 0.441. The third-order valence-corrected chi connectivity index (χ3v) is 3.90. The average Bonchev–Trinajstić information content (AvgIpc) is 2.64. The molecular formula is C18H27N3O4. The van der Waals surface area contributed by atoms with Gasteiger partial charge >= 0.3 is 11.8 Å². The lowest BCUT2D eigenvalue weighted by atomic mass is 10.3. The van der Waals surface area contributed by atoms with Crippen LogP contribution in [-0.4, -0.2) is 62.7 Å². The zero-order valence-corrected chi connectivity index (χ0v) is 14.8. The van der Waals surface area contributed by atoms with Gasteiger partial charge in [-0.05, 0) is 30.7 Å². The maximum Gasteiger partial charge on any atom is 0.313 e. The largest absolute Gasteiger partial charge is 0.494 e. The molecular weight excluding hydrogens is 322 g/mol. The summed E-state index contributed by atoms with van der Waals surface area (Å²) in [6.07, 6.45) is 2.08. The molecule has 1 aromatic carbocycles. The fraction of sp³-hybridized carbons (Fsp3) is 0.556. The number of hydrogen-bond acceptors (Lipinski definition) is 5. The molecule has 1 aliphatic heterocycles. The number of carbonyl (C=O) groups is 2. The van der Waals surface area contributed by atoms with Gasteiger partial charge in [0.05, 0.1) is 19.8 Å². The minimum atomic E-state index is -0.665. The van der Waals surface area contributed by atoms with Gasteiger partial charge in [-0.1, -0.05) is 13.3 Å². The molecule has 0 radical (unpaired) electrons. The summed E-state index contributed by atoms with van der Waals surface area (Å²) in [6.45, 7) is 7.08. The van der Waals surface area contributed by atoms with Crippen LogP contribution in [0.15, 0.2) is 24.3 Å². The molecule has 0 atom stereocenters. The molecule has 1 aromatic rings. The van der Waals surface area contributed by atoms with Crippen molar-refractivity contribution >= 4 is 17.5 Å². The summed E-state index contributed by atoms with van der Waals surface area (Å²) >= 11 is 0. The van der Waals surface area contributed by atoms with Crippen molar-refractivity contribution in [3.63, 3.8) is 0 Å². The van der Waals surface area contributed by atoms with Crippen molar-refractivity contribution in [2.45, 2.75) is 19.8 Å². The molecule has 0 spiro atoms. The van der Waals surface area contributed by atoms with E-state index < -0.39 is 11.8 Å². The number of benzene rings is 1. The molecule has 1 aliphatic rings. The summed E-state index contributed by atoms with van der Waals surface area (Å²) in [5.74, 6) is -0.542. The molecule has 7 nitrogen and oxygen atoms in total. The van der Waals surface area contributed by atoms with Crippen LogP contribution in [0.5, 0.6) is 5.75 Å². The van der Waals surface area contributed by atoms with Crippen LogP contribution in [0.3, 0.4) is 0 Å². The monoisotopic (exact) mass is 349 g/mol. The lowest BCUT2D eigenvalue weighted by Crippen LogP contribution is -2.43. The molecule has 2 rings (SSSR count). The second-order valence-electron chi connectivity index (χ2n) is 5.89. The number of amides is 2. The van der Waals surface area contributed by atoms with Crippen LogP contribution in [0.25, 0.3) is 0 Å². The van der Waals surface area contributed by atoms with Gasteiger partial charge < -0.3 is 20.1 Å². The van der Waals surface area contributed by atoms with Gasteiger partial charge in [-0.15, -0.1) is 0 Å². The minimum Gasteiger partial charge on any atom is -0.494 e. The molecule has 138 valence electrons. The van der Waals surface area contributed by atoms with E-state index in [0.717, 1.165) is 31.7 Å². The number of nitrogens with zero attached hydrogens (tertiary/aromatic N) is 1.